The van der Waals surface area contributed by atoms with Gasteiger partial charge in [-0.1, -0.05) is 37.7 Å². The first-order chi connectivity index (χ1) is 9.08. The Morgan fingerprint density at radius 2 is 1.89 bits per heavy atom. The molecule has 1 aromatic heterocycles. The number of hydrogen-bond acceptors (Lipinski definition) is 4. The van der Waals surface area contributed by atoms with Crippen LogP contribution in [-0.2, 0) is 0 Å². The van der Waals surface area contributed by atoms with Gasteiger partial charge in [0.2, 0.25) is 0 Å². The number of aromatic carboxylic acids is 1. The average molecular weight is 274 g/mol. The normalized spacial score (nSPS) is 10.7. The molecule has 1 N–H and O–H groups in total. The maximum absolute atomic E-state index is 11.1. The standard InChI is InChI=1S/C14H14N2O2S/c1-9(2)10-3-5-11(6-4-10)19-13-12(14(17)18)7-8-15-16-13/h3-9H,1-2H3,(H,17,18). The fourth-order valence-corrected chi connectivity index (χ4v) is 2.44. The van der Waals surface area contributed by atoms with Crippen molar-refractivity contribution in [1.82, 2.24) is 10.2 Å². The number of aromatic nitrogens is 2. The second-order valence-corrected chi connectivity index (χ2v) is 5.44. The van der Waals surface area contributed by atoms with Gasteiger partial charge in [-0.3, -0.25) is 0 Å². The summed E-state index contributed by atoms with van der Waals surface area (Å²) in [4.78, 5) is 12.0. The van der Waals surface area contributed by atoms with Crippen molar-refractivity contribution >= 4 is 17.7 Å². The van der Waals surface area contributed by atoms with Gasteiger partial charge in [0.25, 0.3) is 0 Å². The van der Waals surface area contributed by atoms with E-state index in [0.717, 1.165) is 4.90 Å². The minimum atomic E-state index is -0.990. The molecule has 0 aliphatic carbocycles. The van der Waals surface area contributed by atoms with Crippen LogP contribution in [0.25, 0.3) is 0 Å². The molecule has 4 nitrogen and oxygen atoms in total. The van der Waals surface area contributed by atoms with Gasteiger partial charge in [-0.05, 0) is 29.7 Å². The van der Waals surface area contributed by atoms with Crippen molar-refractivity contribution in [3.63, 3.8) is 0 Å². The highest BCUT2D eigenvalue weighted by Crippen LogP contribution is 2.29. The van der Waals surface area contributed by atoms with E-state index in [1.54, 1.807) is 0 Å². The van der Waals surface area contributed by atoms with Crippen LogP contribution in [-0.4, -0.2) is 21.3 Å². The van der Waals surface area contributed by atoms with E-state index in [2.05, 4.69) is 24.0 Å². The van der Waals surface area contributed by atoms with Crippen LogP contribution in [0, 0.1) is 0 Å². The summed E-state index contributed by atoms with van der Waals surface area (Å²) in [5, 5.41) is 17.1. The fourth-order valence-electron chi connectivity index (χ4n) is 1.59. The zero-order chi connectivity index (χ0) is 13.8. The van der Waals surface area contributed by atoms with Crippen LogP contribution in [0.1, 0.15) is 35.7 Å². The van der Waals surface area contributed by atoms with Crippen LogP contribution >= 0.6 is 11.8 Å². The zero-order valence-corrected chi connectivity index (χ0v) is 11.5. The highest BCUT2D eigenvalue weighted by atomic mass is 32.2. The van der Waals surface area contributed by atoms with Crippen molar-refractivity contribution in [2.45, 2.75) is 29.7 Å². The summed E-state index contributed by atoms with van der Waals surface area (Å²) in [5.41, 5.74) is 1.43. The molecule has 2 aromatic rings. The molecule has 0 saturated carbocycles. The topological polar surface area (TPSA) is 63.1 Å². The number of benzene rings is 1. The molecule has 0 radical (unpaired) electrons. The molecular formula is C14H14N2O2S. The number of carboxylic acid groups (broad SMARTS) is 1. The van der Waals surface area contributed by atoms with Gasteiger partial charge in [0.15, 0.2) is 0 Å². The van der Waals surface area contributed by atoms with Crippen molar-refractivity contribution in [2.75, 3.05) is 0 Å². The molecule has 98 valence electrons. The first-order valence-electron chi connectivity index (χ1n) is 5.90. The van der Waals surface area contributed by atoms with Gasteiger partial charge >= 0.3 is 5.97 Å². The summed E-state index contributed by atoms with van der Waals surface area (Å²) < 4.78 is 0. The predicted molar refractivity (Wildman–Crippen MR) is 73.6 cm³/mol. The fraction of sp³-hybridized carbons (Fsp3) is 0.214. The Balaban J connectivity index is 2.24. The maximum Gasteiger partial charge on any atom is 0.338 e. The Hall–Kier alpha value is -1.88. The molecule has 2 rings (SSSR count). The van der Waals surface area contributed by atoms with E-state index in [4.69, 9.17) is 5.11 Å². The number of rotatable bonds is 4. The summed E-state index contributed by atoms with van der Waals surface area (Å²) in [5.74, 6) is -0.513. The molecular weight excluding hydrogens is 260 g/mol. The lowest BCUT2D eigenvalue weighted by Crippen LogP contribution is -2.01. The molecule has 1 aromatic carbocycles. The minimum Gasteiger partial charge on any atom is -0.478 e. The van der Waals surface area contributed by atoms with Gasteiger partial charge in [-0.15, -0.1) is 5.10 Å². The van der Waals surface area contributed by atoms with E-state index in [9.17, 15) is 4.79 Å². The van der Waals surface area contributed by atoms with Gasteiger partial charge in [-0.2, -0.15) is 5.10 Å². The number of carbonyl (C=O) groups is 1. The number of carboxylic acids is 1. The number of hydrogen-bond donors (Lipinski definition) is 1. The molecule has 5 heteroatoms. The molecule has 0 fully saturated rings. The van der Waals surface area contributed by atoms with E-state index >= 15 is 0 Å². The lowest BCUT2D eigenvalue weighted by atomic mass is 10.0. The Morgan fingerprint density at radius 3 is 2.47 bits per heavy atom. The Kier molecular flexibility index (Phi) is 4.16. The first-order valence-corrected chi connectivity index (χ1v) is 6.72. The molecule has 0 aliphatic heterocycles. The second-order valence-electron chi connectivity index (χ2n) is 4.38. The SMILES string of the molecule is CC(C)c1ccc(Sc2nnccc2C(=O)O)cc1. The van der Waals surface area contributed by atoms with Crippen molar-refractivity contribution < 1.29 is 9.90 Å². The van der Waals surface area contributed by atoms with Gasteiger partial charge in [0.05, 0.1) is 11.8 Å². The smallest absolute Gasteiger partial charge is 0.338 e. The third-order valence-corrected chi connectivity index (χ3v) is 3.68. The molecule has 0 bridgehead atoms. The number of nitrogens with zero attached hydrogens (tertiary/aromatic N) is 2. The molecule has 0 saturated heterocycles. The van der Waals surface area contributed by atoms with Crippen LogP contribution in [0.15, 0.2) is 46.5 Å². The quantitative estimate of drug-likeness (QED) is 0.925. The predicted octanol–water partition coefficient (Wildman–Crippen LogP) is 3.45. The minimum absolute atomic E-state index is 0.174. The first kappa shape index (κ1) is 13.5. The van der Waals surface area contributed by atoms with Gasteiger partial charge in [0, 0.05) is 4.90 Å². The highest BCUT2D eigenvalue weighted by molar-refractivity contribution is 7.99. The third-order valence-electron chi connectivity index (χ3n) is 2.68. The van der Waals surface area contributed by atoms with E-state index in [0.29, 0.717) is 10.9 Å². The summed E-state index contributed by atoms with van der Waals surface area (Å²) >= 11 is 1.31. The van der Waals surface area contributed by atoms with Crippen molar-refractivity contribution in [1.29, 1.82) is 0 Å². The van der Waals surface area contributed by atoms with Gasteiger partial charge in [0.1, 0.15) is 5.03 Å². The maximum atomic E-state index is 11.1. The molecule has 0 unspecified atom stereocenters. The van der Waals surface area contributed by atoms with Gasteiger partial charge < -0.3 is 5.11 Å². The summed E-state index contributed by atoms with van der Waals surface area (Å²) in [6.07, 6.45) is 1.38. The average Bonchev–Trinajstić information content (AvgIpc) is 2.39. The van der Waals surface area contributed by atoms with E-state index in [1.165, 1.54) is 29.6 Å². The van der Waals surface area contributed by atoms with Crippen LogP contribution in [0.3, 0.4) is 0 Å². The van der Waals surface area contributed by atoms with Crippen molar-refractivity contribution in [2.24, 2.45) is 0 Å². The highest BCUT2D eigenvalue weighted by Gasteiger charge is 2.12. The Labute approximate surface area is 115 Å². The zero-order valence-electron chi connectivity index (χ0n) is 10.7. The van der Waals surface area contributed by atoms with Crippen LogP contribution < -0.4 is 0 Å². The van der Waals surface area contributed by atoms with Crippen LogP contribution in [0.2, 0.25) is 0 Å². The monoisotopic (exact) mass is 274 g/mol. The van der Waals surface area contributed by atoms with Crippen LogP contribution in [0.4, 0.5) is 0 Å². The Bertz CT molecular complexity index is 582. The summed E-state index contributed by atoms with van der Waals surface area (Å²) in [6.45, 7) is 4.26. The second kappa shape index (κ2) is 5.84. The van der Waals surface area contributed by atoms with Crippen molar-refractivity contribution in [3.05, 3.63) is 47.7 Å². The van der Waals surface area contributed by atoms with Crippen LogP contribution in [0.5, 0.6) is 0 Å². The lowest BCUT2D eigenvalue weighted by molar-refractivity contribution is 0.0692. The molecule has 1 heterocycles. The summed E-state index contributed by atoms with van der Waals surface area (Å²) in [6, 6.07) is 9.49. The van der Waals surface area contributed by atoms with E-state index in [1.807, 2.05) is 24.3 Å². The lowest BCUT2D eigenvalue weighted by Gasteiger charge is -2.07. The molecule has 0 atom stereocenters. The van der Waals surface area contributed by atoms with Gasteiger partial charge in [-0.25, -0.2) is 4.79 Å². The molecule has 0 aliphatic rings. The van der Waals surface area contributed by atoms with E-state index in [-0.39, 0.29) is 5.56 Å². The molecule has 0 amide bonds. The Morgan fingerprint density at radius 1 is 1.21 bits per heavy atom. The molecule has 19 heavy (non-hydrogen) atoms. The largest absolute Gasteiger partial charge is 0.478 e. The third kappa shape index (κ3) is 3.32. The van der Waals surface area contributed by atoms with Crippen molar-refractivity contribution in [3.8, 4) is 0 Å². The van der Waals surface area contributed by atoms with E-state index < -0.39 is 5.97 Å². The molecule has 0 spiro atoms. The summed E-state index contributed by atoms with van der Waals surface area (Å²) in [7, 11) is 0.